The van der Waals surface area contributed by atoms with Gasteiger partial charge in [-0.3, -0.25) is 0 Å². The van der Waals surface area contributed by atoms with Gasteiger partial charge in [-0.05, 0) is 75.8 Å². The molecule has 0 amide bonds. The van der Waals surface area contributed by atoms with Crippen LogP contribution in [0.3, 0.4) is 0 Å². The first kappa shape index (κ1) is 27.7. The Morgan fingerprint density at radius 1 is 0.622 bits per heavy atom. The zero-order valence-corrected chi connectivity index (χ0v) is 23.7. The van der Waals surface area contributed by atoms with E-state index in [-0.39, 0.29) is 0 Å². The van der Waals surface area contributed by atoms with Crippen molar-refractivity contribution in [3.05, 3.63) is 63.7 Å². The lowest BCUT2D eigenvalue weighted by Gasteiger charge is -2.13. The number of hydrogen-bond acceptors (Lipinski definition) is 7. The lowest BCUT2D eigenvalue weighted by Crippen LogP contribution is -1.93. The van der Waals surface area contributed by atoms with E-state index in [2.05, 4.69) is 22.6 Å². The van der Waals surface area contributed by atoms with E-state index in [9.17, 15) is 0 Å². The van der Waals surface area contributed by atoms with Gasteiger partial charge in [0, 0.05) is 22.4 Å². The molecule has 0 aliphatic rings. The monoisotopic (exact) mass is 613 g/mol. The summed E-state index contributed by atoms with van der Waals surface area (Å²) in [6.45, 7) is 0. The Labute approximate surface area is 230 Å². The molecule has 0 aromatic heterocycles. The van der Waals surface area contributed by atoms with Crippen molar-refractivity contribution in [3.8, 4) is 40.6 Å². The van der Waals surface area contributed by atoms with Gasteiger partial charge < -0.3 is 28.4 Å². The number of ether oxygens (including phenoxy) is 6. The third-order valence-corrected chi connectivity index (χ3v) is 6.52. The first-order chi connectivity index (χ1) is 18.0. The summed E-state index contributed by atoms with van der Waals surface area (Å²) in [7, 11) is 9.76. The van der Waals surface area contributed by atoms with Crippen LogP contribution in [0.25, 0.3) is 27.6 Å². The minimum atomic E-state index is 0.666. The zero-order chi connectivity index (χ0) is 26.9. The van der Waals surface area contributed by atoms with E-state index >= 15 is 0 Å². The summed E-state index contributed by atoms with van der Waals surface area (Å²) in [6, 6.07) is 17.5. The number of halogens is 1. The molecule has 0 aliphatic heterocycles. The molecule has 37 heavy (non-hydrogen) atoms. The normalized spacial score (nSPS) is 10.4. The molecule has 4 aromatic carbocycles. The van der Waals surface area contributed by atoms with Crippen molar-refractivity contribution < 1.29 is 28.4 Å². The van der Waals surface area contributed by atoms with Gasteiger partial charge in [0.15, 0.2) is 23.0 Å². The van der Waals surface area contributed by atoms with Gasteiger partial charge in [0.05, 0.1) is 52.3 Å². The number of allylic oxidation sites excluding steroid dienone is 1. The molecule has 4 rings (SSSR count). The molecule has 0 radical (unpaired) electrons. The van der Waals surface area contributed by atoms with Crippen molar-refractivity contribution >= 4 is 50.2 Å². The maximum atomic E-state index is 8.67. The molecule has 0 saturated heterocycles. The number of hydrogen-bond donors (Lipinski definition) is 0. The third kappa shape index (κ3) is 5.94. The van der Waals surface area contributed by atoms with Gasteiger partial charge in [0.25, 0.3) is 0 Å². The average Bonchev–Trinajstić information content (AvgIpc) is 2.93. The first-order valence-electron chi connectivity index (χ1n) is 11.1. The lowest BCUT2D eigenvalue weighted by molar-refractivity contribution is 0.358. The fourth-order valence-corrected chi connectivity index (χ4v) is 4.62. The number of nitrogens with zero attached hydrogens (tertiary/aromatic N) is 1. The van der Waals surface area contributed by atoms with Gasteiger partial charge in [-0.1, -0.05) is 12.1 Å². The molecule has 192 valence electrons. The molecule has 0 bridgehead atoms. The van der Waals surface area contributed by atoms with Crippen molar-refractivity contribution in [2.24, 2.45) is 0 Å². The quantitative estimate of drug-likeness (QED) is 0.166. The van der Waals surface area contributed by atoms with Crippen LogP contribution >= 0.6 is 22.6 Å². The highest BCUT2D eigenvalue weighted by atomic mass is 127. The Balaban J connectivity index is 0.000000208. The van der Waals surface area contributed by atoms with E-state index in [1.807, 2.05) is 54.6 Å². The fraction of sp³-hybridized carbons (Fsp3) is 0.207. The van der Waals surface area contributed by atoms with Gasteiger partial charge in [0.2, 0.25) is 0 Å². The van der Waals surface area contributed by atoms with Crippen LogP contribution in [0.15, 0.2) is 54.6 Å². The minimum Gasteiger partial charge on any atom is -0.496 e. The van der Waals surface area contributed by atoms with Gasteiger partial charge in [0.1, 0.15) is 11.5 Å². The first-order valence-corrected chi connectivity index (χ1v) is 12.2. The summed E-state index contributed by atoms with van der Waals surface area (Å²) < 4.78 is 33.1. The largest absolute Gasteiger partial charge is 0.496 e. The molecule has 0 spiro atoms. The maximum Gasteiger partial charge on any atom is 0.168 e. The molecule has 0 heterocycles. The van der Waals surface area contributed by atoms with Crippen LogP contribution in [0.4, 0.5) is 0 Å². The number of benzene rings is 4. The van der Waals surface area contributed by atoms with Gasteiger partial charge >= 0.3 is 0 Å². The van der Waals surface area contributed by atoms with Crippen molar-refractivity contribution in [2.45, 2.75) is 0 Å². The molecule has 0 atom stereocenters. The Bertz CT molecular complexity index is 1480. The molecule has 7 nitrogen and oxygen atoms in total. The van der Waals surface area contributed by atoms with E-state index in [0.717, 1.165) is 47.9 Å². The van der Waals surface area contributed by atoms with E-state index in [4.69, 9.17) is 33.7 Å². The summed E-state index contributed by atoms with van der Waals surface area (Å²) in [6.07, 6.45) is 3.12. The van der Waals surface area contributed by atoms with E-state index < -0.39 is 0 Å². The topological polar surface area (TPSA) is 79.2 Å². The minimum absolute atomic E-state index is 0.666. The summed E-state index contributed by atoms with van der Waals surface area (Å²) >= 11 is 2.24. The van der Waals surface area contributed by atoms with Gasteiger partial charge in [-0.2, -0.15) is 5.26 Å². The summed E-state index contributed by atoms with van der Waals surface area (Å²) in [4.78, 5) is 0. The van der Waals surface area contributed by atoms with E-state index in [1.54, 1.807) is 48.7 Å². The molecular weight excluding hydrogens is 585 g/mol. The highest BCUT2D eigenvalue weighted by Crippen LogP contribution is 2.39. The third-order valence-electron chi connectivity index (χ3n) is 5.68. The molecule has 0 fully saturated rings. The standard InChI is InChI=1S/C16H15NO3.C13H13IO3/c1-18-14-7-6-11-10-15(19-2)12(5-4-8-17)9-13(11)16(14)20-3;1-15-11-5-4-8-6-12(16-2)10(14)7-9(8)13(11)17-3/h4-7,9-10H,1-3H3;4-7H,1-3H3. The van der Waals surface area contributed by atoms with Crippen LogP contribution in [0, 0.1) is 14.9 Å². The Hall–Kier alpha value is -3.84. The SMILES string of the molecule is COc1cc2ccc(OC)c(OC)c2cc1C=CC#N.COc1cc2ccc(OC)c(OC)c2cc1I. The van der Waals surface area contributed by atoms with Crippen molar-refractivity contribution in [1.82, 2.24) is 0 Å². The predicted molar refractivity (Wildman–Crippen MR) is 155 cm³/mol. The van der Waals surface area contributed by atoms with Crippen molar-refractivity contribution in [3.63, 3.8) is 0 Å². The lowest BCUT2D eigenvalue weighted by atomic mass is 10.0. The van der Waals surface area contributed by atoms with Gasteiger partial charge in [-0.15, -0.1) is 0 Å². The maximum absolute atomic E-state index is 8.67. The van der Waals surface area contributed by atoms with Crippen LogP contribution in [0.1, 0.15) is 5.56 Å². The summed E-state index contributed by atoms with van der Waals surface area (Å²) in [5.41, 5.74) is 0.813. The average molecular weight is 613 g/mol. The summed E-state index contributed by atoms with van der Waals surface area (Å²) in [5.74, 6) is 4.40. The van der Waals surface area contributed by atoms with Gasteiger partial charge in [-0.25, -0.2) is 0 Å². The van der Waals surface area contributed by atoms with Crippen LogP contribution in [-0.2, 0) is 0 Å². The number of fused-ring (bicyclic) bond motifs is 2. The van der Waals surface area contributed by atoms with E-state index in [1.165, 1.54) is 6.08 Å². The van der Waals surface area contributed by atoms with Crippen LogP contribution in [0.5, 0.6) is 34.5 Å². The van der Waals surface area contributed by atoms with Crippen molar-refractivity contribution in [1.29, 1.82) is 5.26 Å². The number of rotatable bonds is 7. The second kappa shape index (κ2) is 12.9. The predicted octanol–water partition coefficient (Wildman–Crippen LogP) is 6.87. The highest BCUT2D eigenvalue weighted by Gasteiger charge is 2.13. The fourth-order valence-electron chi connectivity index (χ4n) is 3.93. The number of nitriles is 1. The number of methoxy groups -OCH3 is 6. The van der Waals surface area contributed by atoms with Crippen LogP contribution in [0.2, 0.25) is 0 Å². The van der Waals surface area contributed by atoms with Crippen LogP contribution < -0.4 is 28.4 Å². The molecule has 8 heteroatoms. The summed E-state index contributed by atoms with van der Waals surface area (Å²) in [5, 5.41) is 12.6. The highest BCUT2D eigenvalue weighted by molar-refractivity contribution is 14.1. The van der Waals surface area contributed by atoms with E-state index in [0.29, 0.717) is 17.2 Å². The Morgan fingerprint density at radius 2 is 1.11 bits per heavy atom. The second-order valence-corrected chi connectivity index (χ2v) is 8.75. The molecular formula is C29H28INO6. The molecule has 0 unspecified atom stereocenters. The van der Waals surface area contributed by atoms with Crippen LogP contribution in [-0.4, -0.2) is 42.7 Å². The zero-order valence-electron chi connectivity index (χ0n) is 21.5. The second-order valence-electron chi connectivity index (χ2n) is 7.59. The Kier molecular flexibility index (Phi) is 9.69. The van der Waals surface area contributed by atoms with Crippen molar-refractivity contribution in [2.75, 3.05) is 42.7 Å². The Morgan fingerprint density at radius 3 is 1.57 bits per heavy atom. The molecule has 4 aromatic rings. The molecule has 0 aliphatic carbocycles. The molecule has 0 saturated carbocycles. The smallest absolute Gasteiger partial charge is 0.168 e. The molecule has 0 N–H and O–H groups in total.